The van der Waals surface area contributed by atoms with Gasteiger partial charge in [-0.05, 0) is 12.8 Å². The predicted octanol–water partition coefficient (Wildman–Crippen LogP) is 1.88. The molecule has 2 heteroatoms. The third-order valence-corrected chi connectivity index (χ3v) is 2.50. The van der Waals surface area contributed by atoms with Crippen molar-refractivity contribution in [2.45, 2.75) is 31.2 Å². The second kappa shape index (κ2) is 2.93. The summed E-state index contributed by atoms with van der Waals surface area (Å²) in [6.07, 6.45) is 10.2. The molecular formula is C8H14ClN. The molecule has 0 aromatic rings. The lowest BCUT2D eigenvalue weighted by Crippen LogP contribution is -2.36. The Balaban J connectivity index is 0.000000500. The van der Waals surface area contributed by atoms with Gasteiger partial charge in [0.15, 0.2) is 0 Å². The zero-order valence-electron chi connectivity index (χ0n) is 6.10. The molecule has 0 amide bonds. The van der Waals surface area contributed by atoms with Gasteiger partial charge in [-0.1, -0.05) is 25.0 Å². The summed E-state index contributed by atoms with van der Waals surface area (Å²) in [5.41, 5.74) is 0.458. The van der Waals surface area contributed by atoms with Gasteiger partial charge in [-0.3, -0.25) is 0 Å². The summed E-state index contributed by atoms with van der Waals surface area (Å²) in [7, 11) is 0. The van der Waals surface area contributed by atoms with E-state index in [0.29, 0.717) is 5.54 Å². The molecule has 0 bridgehead atoms. The number of hydrogen-bond donors (Lipinski definition) is 1. The fourth-order valence-electron chi connectivity index (χ4n) is 1.95. The molecule has 1 fully saturated rings. The van der Waals surface area contributed by atoms with Crippen LogP contribution >= 0.6 is 12.4 Å². The first-order valence-corrected chi connectivity index (χ1v) is 3.84. The van der Waals surface area contributed by atoms with Gasteiger partial charge in [-0.25, -0.2) is 0 Å². The second-order valence-electron chi connectivity index (χ2n) is 3.15. The van der Waals surface area contributed by atoms with Gasteiger partial charge < -0.3 is 5.32 Å². The number of halogens is 1. The lowest BCUT2D eigenvalue weighted by molar-refractivity contribution is 0.457. The molecule has 1 N–H and O–H groups in total. The van der Waals surface area contributed by atoms with Gasteiger partial charge in [-0.2, -0.15) is 0 Å². The van der Waals surface area contributed by atoms with E-state index in [2.05, 4.69) is 17.5 Å². The summed E-state index contributed by atoms with van der Waals surface area (Å²) < 4.78 is 0. The lowest BCUT2D eigenvalue weighted by Gasteiger charge is -2.20. The van der Waals surface area contributed by atoms with Crippen molar-refractivity contribution >= 4 is 12.4 Å². The van der Waals surface area contributed by atoms with E-state index < -0.39 is 0 Å². The topological polar surface area (TPSA) is 12.0 Å². The highest BCUT2D eigenvalue weighted by Gasteiger charge is 2.32. The van der Waals surface area contributed by atoms with Gasteiger partial charge in [0.1, 0.15) is 0 Å². The molecule has 58 valence electrons. The van der Waals surface area contributed by atoms with Crippen LogP contribution in [0, 0.1) is 0 Å². The van der Waals surface area contributed by atoms with Crippen molar-refractivity contribution in [2.75, 3.05) is 6.54 Å². The summed E-state index contributed by atoms with van der Waals surface area (Å²) in [4.78, 5) is 0. The molecule has 1 aliphatic heterocycles. The maximum absolute atomic E-state index is 3.52. The number of hydrogen-bond acceptors (Lipinski definition) is 1. The maximum atomic E-state index is 3.52. The van der Waals surface area contributed by atoms with E-state index in [1.807, 2.05) is 0 Å². The molecule has 2 rings (SSSR count). The van der Waals surface area contributed by atoms with E-state index in [0.717, 1.165) is 6.54 Å². The normalized spacial score (nSPS) is 27.2. The van der Waals surface area contributed by atoms with Crippen molar-refractivity contribution in [1.82, 2.24) is 5.32 Å². The van der Waals surface area contributed by atoms with Crippen molar-refractivity contribution in [3.8, 4) is 0 Å². The Hall–Kier alpha value is -0.0100. The van der Waals surface area contributed by atoms with Crippen LogP contribution in [0.4, 0.5) is 0 Å². The molecule has 0 radical (unpaired) electrons. The average molecular weight is 160 g/mol. The summed E-state index contributed by atoms with van der Waals surface area (Å²) in [6.45, 7) is 1.10. The minimum Gasteiger partial charge on any atom is -0.304 e. The molecule has 10 heavy (non-hydrogen) atoms. The first-order valence-electron chi connectivity index (χ1n) is 3.84. The first-order chi connectivity index (χ1) is 4.41. The molecule has 1 heterocycles. The molecule has 1 aliphatic carbocycles. The standard InChI is InChI=1S/C8H13N.ClH/c1-2-5-8(4-1)6-3-7-9-8;/h3,6,9H,1-2,4-5,7H2;1H. The lowest BCUT2D eigenvalue weighted by atomic mass is 10.0. The van der Waals surface area contributed by atoms with Gasteiger partial charge in [-0.15, -0.1) is 12.4 Å². The molecule has 0 saturated heterocycles. The smallest absolute Gasteiger partial charge is 0.0367 e. The minimum atomic E-state index is 0. The largest absolute Gasteiger partial charge is 0.304 e. The maximum Gasteiger partial charge on any atom is 0.0367 e. The molecule has 0 aromatic carbocycles. The summed E-state index contributed by atoms with van der Waals surface area (Å²) >= 11 is 0. The summed E-state index contributed by atoms with van der Waals surface area (Å²) in [5, 5.41) is 3.52. The van der Waals surface area contributed by atoms with Gasteiger partial charge in [0.25, 0.3) is 0 Å². The van der Waals surface area contributed by atoms with E-state index in [1.54, 1.807) is 0 Å². The van der Waals surface area contributed by atoms with Crippen LogP contribution in [0.1, 0.15) is 25.7 Å². The predicted molar refractivity (Wildman–Crippen MR) is 45.6 cm³/mol. The van der Waals surface area contributed by atoms with E-state index in [1.165, 1.54) is 25.7 Å². The molecule has 1 saturated carbocycles. The zero-order chi connectivity index (χ0) is 6.16. The van der Waals surface area contributed by atoms with E-state index in [-0.39, 0.29) is 12.4 Å². The van der Waals surface area contributed by atoms with E-state index >= 15 is 0 Å². The zero-order valence-corrected chi connectivity index (χ0v) is 6.91. The second-order valence-corrected chi connectivity index (χ2v) is 3.15. The SMILES string of the molecule is C1=CC2(CCCC2)NC1.Cl. The van der Waals surface area contributed by atoms with Crippen LogP contribution in [-0.4, -0.2) is 12.1 Å². The fraction of sp³-hybridized carbons (Fsp3) is 0.750. The first kappa shape index (κ1) is 8.09. The van der Waals surface area contributed by atoms with Crippen molar-refractivity contribution in [1.29, 1.82) is 0 Å². The fourth-order valence-corrected chi connectivity index (χ4v) is 1.95. The van der Waals surface area contributed by atoms with E-state index in [4.69, 9.17) is 0 Å². The van der Waals surface area contributed by atoms with E-state index in [9.17, 15) is 0 Å². The molecule has 0 atom stereocenters. The molecule has 0 unspecified atom stereocenters. The van der Waals surface area contributed by atoms with Crippen LogP contribution in [0.15, 0.2) is 12.2 Å². The van der Waals surface area contributed by atoms with Gasteiger partial charge >= 0.3 is 0 Å². The Morgan fingerprint density at radius 3 is 2.40 bits per heavy atom. The van der Waals surface area contributed by atoms with Crippen LogP contribution < -0.4 is 5.32 Å². The Morgan fingerprint density at radius 1 is 1.20 bits per heavy atom. The van der Waals surface area contributed by atoms with Gasteiger partial charge in [0, 0.05) is 12.1 Å². The highest BCUT2D eigenvalue weighted by molar-refractivity contribution is 5.85. The molecule has 1 nitrogen and oxygen atoms in total. The summed E-state index contributed by atoms with van der Waals surface area (Å²) in [6, 6.07) is 0. The highest BCUT2D eigenvalue weighted by atomic mass is 35.5. The Labute approximate surface area is 68.3 Å². The van der Waals surface area contributed by atoms with Crippen molar-refractivity contribution in [3.05, 3.63) is 12.2 Å². The molecular weight excluding hydrogens is 146 g/mol. The van der Waals surface area contributed by atoms with Crippen molar-refractivity contribution in [3.63, 3.8) is 0 Å². The molecule has 0 aromatic heterocycles. The van der Waals surface area contributed by atoms with Crippen LogP contribution in [-0.2, 0) is 0 Å². The minimum absolute atomic E-state index is 0. The van der Waals surface area contributed by atoms with Gasteiger partial charge in [0.05, 0.1) is 0 Å². The quantitative estimate of drug-likeness (QED) is 0.533. The summed E-state index contributed by atoms with van der Waals surface area (Å²) in [5.74, 6) is 0. The Kier molecular flexibility index (Phi) is 2.37. The van der Waals surface area contributed by atoms with Gasteiger partial charge in [0.2, 0.25) is 0 Å². The third kappa shape index (κ3) is 1.21. The van der Waals surface area contributed by atoms with Crippen molar-refractivity contribution < 1.29 is 0 Å². The third-order valence-electron chi connectivity index (χ3n) is 2.50. The number of nitrogens with one attached hydrogen (secondary N) is 1. The van der Waals surface area contributed by atoms with Crippen LogP contribution in [0.3, 0.4) is 0 Å². The number of rotatable bonds is 0. The molecule has 2 aliphatic rings. The Bertz CT molecular complexity index is 136. The van der Waals surface area contributed by atoms with Crippen molar-refractivity contribution in [2.24, 2.45) is 0 Å². The highest BCUT2D eigenvalue weighted by Crippen LogP contribution is 2.32. The monoisotopic (exact) mass is 159 g/mol. The van der Waals surface area contributed by atoms with Crippen LogP contribution in [0.2, 0.25) is 0 Å². The van der Waals surface area contributed by atoms with Crippen LogP contribution in [0.25, 0.3) is 0 Å². The molecule has 1 spiro atoms. The average Bonchev–Trinajstić information content (AvgIpc) is 2.45. The van der Waals surface area contributed by atoms with Crippen LogP contribution in [0.5, 0.6) is 0 Å². The Morgan fingerprint density at radius 2 is 1.90 bits per heavy atom.